The van der Waals surface area contributed by atoms with Gasteiger partial charge in [0.1, 0.15) is 5.56 Å². The zero-order valence-corrected chi connectivity index (χ0v) is 12.3. The summed E-state index contributed by atoms with van der Waals surface area (Å²) in [7, 11) is 0. The van der Waals surface area contributed by atoms with Crippen molar-refractivity contribution in [3.63, 3.8) is 0 Å². The van der Waals surface area contributed by atoms with Gasteiger partial charge in [-0.2, -0.15) is 0 Å². The predicted octanol–water partition coefficient (Wildman–Crippen LogP) is 3.51. The van der Waals surface area contributed by atoms with E-state index in [1.54, 1.807) is 4.90 Å². The van der Waals surface area contributed by atoms with Crippen LogP contribution in [0.3, 0.4) is 0 Å². The molecule has 0 N–H and O–H groups in total. The summed E-state index contributed by atoms with van der Waals surface area (Å²) < 4.78 is 0. The summed E-state index contributed by atoms with van der Waals surface area (Å²) >= 11 is 5.87. The Labute approximate surface area is 122 Å². The fraction of sp³-hybridized carbons (Fsp3) is 0.500. The number of nitrogens with zero attached hydrogens (tertiary/aromatic N) is 2. The first kappa shape index (κ1) is 14.8. The van der Waals surface area contributed by atoms with Gasteiger partial charge in [-0.05, 0) is 37.8 Å². The minimum Gasteiger partial charge on any atom is -0.336 e. The first-order chi connectivity index (χ1) is 9.40. The molecule has 6 heteroatoms. The zero-order valence-electron chi connectivity index (χ0n) is 11.5. The lowest BCUT2D eigenvalue weighted by Crippen LogP contribution is -2.44. The molecule has 20 heavy (non-hydrogen) atoms. The van der Waals surface area contributed by atoms with Gasteiger partial charge in [0.2, 0.25) is 0 Å². The second-order valence-electron chi connectivity index (χ2n) is 5.40. The molecule has 0 saturated carbocycles. The summed E-state index contributed by atoms with van der Waals surface area (Å²) in [6.07, 6.45) is 1.84. The lowest BCUT2D eigenvalue weighted by atomic mass is 9.92. The molecule has 0 aliphatic carbocycles. The van der Waals surface area contributed by atoms with Crippen molar-refractivity contribution in [2.75, 3.05) is 6.54 Å². The molecule has 0 spiro atoms. The Morgan fingerprint density at radius 2 is 2.15 bits per heavy atom. The van der Waals surface area contributed by atoms with Gasteiger partial charge in [-0.3, -0.25) is 14.9 Å². The van der Waals surface area contributed by atoms with Crippen LogP contribution in [-0.4, -0.2) is 28.3 Å². The maximum absolute atomic E-state index is 12.6. The van der Waals surface area contributed by atoms with Crippen LogP contribution in [0.5, 0.6) is 0 Å². The van der Waals surface area contributed by atoms with E-state index in [1.165, 1.54) is 18.2 Å². The topological polar surface area (TPSA) is 63.5 Å². The molecular weight excluding hydrogens is 280 g/mol. The smallest absolute Gasteiger partial charge is 0.282 e. The lowest BCUT2D eigenvalue weighted by molar-refractivity contribution is -0.385. The number of amides is 1. The normalized spacial score (nSPS) is 22.6. The molecule has 2 unspecified atom stereocenters. The Balaban J connectivity index is 2.33. The van der Waals surface area contributed by atoms with E-state index in [-0.39, 0.29) is 23.2 Å². The van der Waals surface area contributed by atoms with E-state index >= 15 is 0 Å². The standard InChI is InChI=1S/C14H17ClN2O3/c1-9-5-6-16(10(2)7-9)14(18)12-8-11(15)3-4-13(12)17(19)20/h3-4,8-10H,5-7H2,1-2H3. The van der Waals surface area contributed by atoms with Crippen molar-refractivity contribution in [1.29, 1.82) is 0 Å². The average Bonchev–Trinajstić information content (AvgIpc) is 2.37. The molecule has 1 aromatic rings. The van der Waals surface area contributed by atoms with Gasteiger partial charge < -0.3 is 4.90 Å². The summed E-state index contributed by atoms with van der Waals surface area (Å²) in [5.41, 5.74) is -0.117. The van der Waals surface area contributed by atoms with E-state index in [0.717, 1.165) is 12.8 Å². The molecule has 2 atom stereocenters. The van der Waals surface area contributed by atoms with Gasteiger partial charge in [-0.15, -0.1) is 0 Å². The Hall–Kier alpha value is -1.62. The van der Waals surface area contributed by atoms with E-state index in [0.29, 0.717) is 17.5 Å². The highest BCUT2D eigenvalue weighted by Crippen LogP contribution is 2.28. The molecule has 2 rings (SSSR count). The van der Waals surface area contributed by atoms with Crippen molar-refractivity contribution in [2.24, 2.45) is 5.92 Å². The molecule has 1 saturated heterocycles. The zero-order chi connectivity index (χ0) is 14.9. The van der Waals surface area contributed by atoms with Crippen LogP contribution in [-0.2, 0) is 0 Å². The summed E-state index contributed by atoms with van der Waals surface area (Å²) in [6, 6.07) is 4.18. The van der Waals surface area contributed by atoms with E-state index in [4.69, 9.17) is 11.6 Å². The third-order valence-electron chi connectivity index (χ3n) is 3.78. The monoisotopic (exact) mass is 296 g/mol. The first-order valence-electron chi connectivity index (χ1n) is 6.65. The van der Waals surface area contributed by atoms with Crippen molar-refractivity contribution in [2.45, 2.75) is 32.7 Å². The number of nitro benzene ring substituents is 1. The maximum atomic E-state index is 12.6. The average molecular weight is 297 g/mol. The number of piperidine rings is 1. The Morgan fingerprint density at radius 1 is 1.45 bits per heavy atom. The van der Waals surface area contributed by atoms with Crippen LogP contribution in [0.2, 0.25) is 5.02 Å². The number of carbonyl (C=O) groups excluding carboxylic acids is 1. The molecule has 5 nitrogen and oxygen atoms in total. The highest BCUT2D eigenvalue weighted by atomic mass is 35.5. The molecular formula is C14H17ClN2O3. The number of halogens is 1. The molecule has 1 aliphatic rings. The number of carbonyl (C=O) groups is 1. The number of benzene rings is 1. The third kappa shape index (κ3) is 2.93. The van der Waals surface area contributed by atoms with Crippen LogP contribution >= 0.6 is 11.6 Å². The quantitative estimate of drug-likeness (QED) is 0.619. The maximum Gasteiger partial charge on any atom is 0.282 e. The minimum absolute atomic E-state index is 0.0731. The second kappa shape index (κ2) is 5.79. The molecule has 1 fully saturated rings. The van der Waals surface area contributed by atoms with Gasteiger partial charge in [0, 0.05) is 23.7 Å². The van der Waals surface area contributed by atoms with Gasteiger partial charge in [0.05, 0.1) is 4.92 Å². The molecule has 0 bridgehead atoms. The number of rotatable bonds is 2. The number of nitro groups is 1. The van der Waals surface area contributed by atoms with Crippen LogP contribution in [0.15, 0.2) is 18.2 Å². The van der Waals surface area contributed by atoms with Gasteiger partial charge in [-0.1, -0.05) is 18.5 Å². The van der Waals surface area contributed by atoms with Gasteiger partial charge in [0.25, 0.3) is 11.6 Å². The van der Waals surface area contributed by atoms with Crippen LogP contribution in [0.4, 0.5) is 5.69 Å². The van der Waals surface area contributed by atoms with Gasteiger partial charge >= 0.3 is 0 Å². The van der Waals surface area contributed by atoms with Crippen molar-refractivity contribution in [3.05, 3.63) is 38.9 Å². The Bertz CT molecular complexity index is 547. The van der Waals surface area contributed by atoms with Crippen molar-refractivity contribution < 1.29 is 9.72 Å². The number of hydrogen-bond acceptors (Lipinski definition) is 3. The second-order valence-corrected chi connectivity index (χ2v) is 5.83. The van der Waals surface area contributed by atoms with Crippen molar-refractivity contribution in [3.8, 4) is 0 Å². The van der Waals surface area contributed by atoms with E-state index in [2.05, 4.69) is 6.92 Å². The van der Waals surface area contributed by atoms with E-state index in [9.17, 15) is 14.9 Å². The van der Waals surface area contributed by atoms with Crippen molar-refractivity contribution >= 4 is 23.2 Å². The minimum atomic E-state index is -0.541. The molecule has 108 valence electrons. The summed E-state index contributed by atoms with van der Waals surface area (Å²) in [5, 5.41) is 11.4. The van der Waals surface area contributed by atoms with Crippen LogP contribution in [0.25, 0.3) is 0 Å². The van der Waals surface area contributed by atoms with Crippen LogP contribution < -0.4 is 0 Å². The highest BCUT2D eigenvalue weighted by molar-refractivity contribution is 6.31. The largest absolute Gasteiger partial charge is 0.336 e. The van der Waals surface area contributed by atoms with Crippen LogP contribution in [0.1, 0.15) is 37.0 Å². The fourth-order valence-corrected chi connectivity index (χ4v) is 2.87. The molecule has 1 amide bonds. The van der Waals surface area contributed by atoms with Crippen molar-refractivity contribution in [1.82, 2.24) is 4.90 Å². The molecule has 1 heterocycles. The molecule has 1 aliphatic heterocycles. The SMILES string of the molecule is CC1CCN(C(=O)c2cc(Cl)ccc2[N+](=O)[O-])C(C)C1. The summed E-state index contributed by atoms with van der Waals surface area (Å²) in [6.45, 7) is 4.76. The molecule has 0 aromatic heterocycles. The molecule has 0 radical (unpaired) electrons. The van der Waals surface area contributed by atoms with E-state index in [1.807, 2.05) is 6.92 Å². The first-order valence-corrected chi connectivity index (χ1v) is 7.03. The number of hydrogen-bond donors (Lipinski definition) is 0. The Kier molecular flexibility index (Phi) is 4.28. The fourth-order valence-electron chi connectivity index (χ4n) is 2.70. The highest BCUT2D eigenvalue weighted by Gasteiger charge is 2.31. The third-order valence-corrected chi connectivity index (χ3v) is 4.02. The summed E-state index contributed by atoms with van der Waals surface area (Å²) in [4.78, 5) is 24.8. The van der Waals surface area contributed by atoms with E-state index < -0.39 is 4.92 Å². The predicted molar refractivity (Wildman–Crippen MR) is 77.0 cm³/mol. The lowest BCUT2D eigenvalue weighted by Gasteiger charge is -2.36. The van der Waals surface area contributed by atoms with Gasteiger partial charge in [0.15, 0.2) is 0 Å². The Morgan fingerprint density at radius 3 is 2.75 bits per heavy atom. The summed E-state index contributed by atoms with van der Waals surface area (Å²) in [5.74, 6) is 0.266. The molecule has 1 aromatic carbocycles. The van der Waals surface area contributed by atoms with Crippen LogP contribution in [0, 0.1) is 16.0 Å². The number of likely N-dealkylation sites (tertiary alicyclic amines) is 1. The van der Waals surface area contributed by atoms with Gasteiger partial charge in [-0.25, -0.2) is 0 Å².